The molecule has 0 bridgehead atoms. The van der Waals surface area contributed by atoms with E-state index in [9.17, 15) is 0 Å². The molecular formula is C13H17N3. The highest BCUT2D eigenvalue weighted by Gasteiger charge is 2.11. The summed E-state index contributed by atoms with van der Waals surface area (Å²) in [7, 11) is 0. The standard InChI is InChI=1S/C13H17N3/c1-3-6-11(2)12-7-4-10-16(12)13-14-8-5-9-15-13/h4-5,7-11H,3,6H2,1-2H3. The van der Waals surface area contributed by atoms with Crippen LogP contribution in [-0.4, -0.2) is 14.5 Å². The largest absolute Gasteiger partial charge is 0.290 e. The van der Waals surface area contributed by atoms with Crippen molar-refractivity contribution in [2.45, 2.75) is 32.6 Å². The Bertz CT molecular complexity index is 433. The molecule has 2 aromatic heterocycles. The maximum Gasteiger partial charge on any atom is 0.233 e. The molecule has 1 unspecified atom stereocenters. The van der Waals surface area contributed by atoms with Crippen LogP contribution >= 0.6 is 0 Å². The van der Waals surface area contributed by atoms with Crippen LogP contribution < -0.4 is 0 Å². The zero-order chi connectivity index (χ0) is 11.4. The predicted octanol–water partition coefficient (Wildman–Crippen LogP) is 3.17. The minimum atomic E-state index is 0.545. The van der Waals surface area contributed by atoms with Crippen molar-refractivity contribution in [3.8, 4) is 5.95 Å². The first-order valence-electron chi connectivity index (χ1n) is 5.77. The van der Waals surface area contributed by atoms with Gasteiger partial charge in [0.15, 0.2) is 0 Å². The van der Waals surface area contributed by atoms with E-state index >= 15 is 0 Å². The molecule has 0 saturated carbocycles. The Balaban J connectivity index is 2.33. The Kier molecular flexibility index (Phi) is 3.34. The van der Waals surface area contributed by atoms with Crippen molar-refractivity contribution in [3.05, 3.63) is 42.5 Å². The van der Waals surface area contributed by atoms with E-state index in [1.807, 2.05) is 12.3 Å². The first-order valence-corrected chi connectivity index (χ1v) is 5.77. The molecule has 0 aromatic carbocycles. The molecule has 0 fully saturated rings. The topological polar surface area (TPSA) is 30.7 Å². The second kappa shape index (κ2) is 4.92. The van der Waals surface area contributed by atoms with Crippen LogP contribution in [0.25, 0.3) is 5.95 Å². The molecule has 0 aliphatic rings. The molecule has 0 N–H and O–H groups in total. The van der Waals surface area contributed by atoms with Crippen LogP contribution in [0.1, 0.15) is 38.3 Å². The number of rotatable bonds is 4. The van der Waals surface area contributed by atoms with Gasteiger partial charge in [0.2, 0.25) is 5.95 Å². The average Bonchev–Trinajstić information content (AvgIpc) is 2.79. The van der Waals surface area contributed by atoms with Crippen LogP contribution in [0, 0.1) is 0 Å². The lowest BCUT2D eigenvalue weighted by Gasteiger charge is -2.13. The second-order valence-electron chi connectivity index (χ2n) is 4.04. The Morgan fingerprint density at radius 1 is 1.25 bits per heavy atom. The van der Waals surface area contributed by atoms with Crippen molar-refractivity contribution >= 4 is 0 Å². The van der Waals surface area contributed by atoms with E-state index in [0.29, 0.717) is 5.92 Å². The molecular weight excluding hydrogens is 198 g/mol. The molecule has 0 aliphatic carbocycles. The van der Waals surface area contributed by atoms with Gasteiger partial charge in [0.05, 0.1) is 0 Å². The van der Waals surface area contributed by atoms with E-state index < -0.39 is 0 Å². The van der Waals surface area contributed by atoms with Crippen LogP contribution in [0.2, 0.25) is 0 Å². The lowest BCUT2D eigenvalue weighted by atomic mass is 10.0. The van der Waals surface area contributed by atoms with E-state index in [-0.39, 0.29) is 0 Å². The summed E-state index contributed by atoms with van der Waals surface area (Å²) >= 11 is 0. The van der Waals surface area contributed by atoms with Gasteiger partial charge in [-0.25, -0.2) is 9.97 Å². The molecule has 3 nitrogen and oxygen atoms in total. The van der Waals surface area contributed by atoms with Crippen molar-refractivity contribution < 1.29 is 0 Å². The molecule has 0 spiro atoms. The molecule has 84 valence electrons. The summed E-state index contributed by atoms with van der Waals surface area (Å²) in [4.78, 5) is 8.55. The molecule has 0 aliphatic heterocycles. The zero-order valence-corrected chi connectivity index (χ0v) is 9.80. The SMILES string of the molecule is CCCC(C)c1cccn1-c1ncccn1. The van der Waals surface area contributed by atoms with Crippen molar-refractivity contribution in [1.82, 2.24) is 14.5 Å². The van der Waals surface area contributed by atoms with Crippen LogP contribution in [0.15, 0.2) is 36.8 Å². The summed E-state index contributed by atoms with van der Waals surface area (Å²) in [6, 6.07) is 6.04. The fourth-order valence-corrected chi connectivity index (χ4v) is 1.97. The normalized spacial score (nSPS) is 12.6. The molecule has 0 amide bonds. The number of nitrogens with zero attached hydrogens (tertiary/aromatic N) is 3. The van der Waals surface area contributed by atoms with Gasteiger partial charge in [-0.05, 0) is 30.5 Å². The van der Waals surface area contributed by atoms with Gasteiger partial charge >= 0.3 is 0 Å². The molecule has 0 radical (unpaired) electrons. The molecule has 2 aromatic rings. The minimum Gasteiger partial charge on any atom is -0.290 e. The summed E-state index contributed by atoms with van der Waals surface area (Å²) in [5.74, 6) is 1.30. The molecule has 3 heteroatoms. The Morgan fingerprint density at radius 2 is 2.00 bits per heavy atom. The first-order chi connectivity index (χ1) is 7.83. The summed E-state index contributed by atoms with van der Waals surface area (Å²) in [5, 5.41) is 0. The van der Waals surface area contributed by atoms with Gasteiger partial charge in [-0.3, -0.25) is 4.57 Å². The number of aromatic nitrogens is 3. The summed E-state index contributed by atoms with van der Waals surface area (Å²) in [5.41, 5.74) is 1.29. The first kappa shape index (κ1) is 10.9. The highest BCUT2D eigenvalue weighted by Crippen LogP contribution is 2.22. The van der Waals surface area contributed by atoms with E-state index in [2.05, 4.69) is 40.5 Å². The van der Waals surface area contributed by atoms with Gasteiger partial charge in [-0.15, -0.1) is 0 Å². The molecule has 2 rings (SSSR count). The van der Waals surface area contributed by atoms with Crippen molar-refractivity contribution in [3.63, 3.8) is 0 Å². The smallest absolute Gasteiger partial charge is 0.233 e. The van der Waals surface area contributed by atoms with Crippen molar-refractivity contribution in [2.24, 2.45) is 0 Å². The quantitative estimate of drug-likeness (QED) is 0.784. The third-order valence-corrected chi connectivity index (χ3v) is 2.77. The highest BCUT2D eigenvalue weighted by molar-refractivity contribution is 5.22. The van der Waals surface area contributed by atoms with Crippen molar-refractivity contribution in [2.75, 3.05) is 0 Å². The van der Waals surface area contributed by atoms with E-state index in [0.717, 1.165) is 5.95 Å². The maximum absolute atomic E-state index is 4.28. The molecule has 0 saturated heterocycles. The van der Waals surface area contributed by atoms with E-state index in [1.165, 1.54) is 18.5 Å². The van der Waals surface area contributed by atoms with Crippen LogP contribution in [0.5, 0.6) is 0 Å². The number of hydrogen-bond donors (Lipinski definition) is 0. The Labute approximate surface area is 96.2 Å². The molecule has 1 atom stereocenters. The predicted molar refractivity (Wildman–Crippen MR) is 64.7 cm³/mol. The third-order valence-electron chi connectivity index (χ3n) is 2.77. The van der Waals surface area contributed by atoms with Crippen molar-refractivity contribution in [1.29, 1.82) is 0 Å². The third kappa shape index (κ3) is 2.13. The van der Waals surface area contributed by atoms with Gasteiger partial charge in [-0.1, -0.05) is 20.3 Å². The highest BCUT2D eigenvalue weighted by atomic mass is 15.1. The fourth-order valence-electron chi connectivity index (χ4n) is 1.97. The van der Waals surface area contributed by atoms with Gasteiger partial charge in [0, 0.05) is 24.3 Å². The fraction of sp³-hybridized carbons (Fsp3) is 0.385. The Hall–Kier alpha value is -1.64. The zero-order valence-electron chi connectivity index (χ0n) is 9.80. The van der Waals surface area contributed by atoms with Crippen LogP contribution in [0.3, 0.4) is 0 Å². The lowest BCUT2D eigenvalue weighted by molar-refractivity contribution is 0.630. The minimum absolute atomic E-state index is 0.545. The molecule has 16 heavy (non-hydrogen) atoms. The summed E-state index contributed by atoms with van der Waals surface area (Å²) < 4.78 is 2.07. The van der Waals surface area contributed by atoms with Gasteiger partial charge in [0.25, 0.3) is 0 Å². The van der Waals surface area contributed by atoms with Gasteiger partial charge < -0.3 is 0 Å². The second-order valence-corrected chi connectivity index (χ2v) is 4.04. The van der Waals surface area contributed by atoms with Crippen LogP contribution in [0.4, 0.5) is 0 Å². The summed E-state index contributed by atoms with van der Waals surface area (Å²) in [6.45, 7) is 4.46. The van der Waals surface area contributed by atoms with E-state index in [1.54, 1.807) is 12.4 Å². The maximum atomic E-state index is 4.28. The van der Waals surface area contributed by atoms with Gasteiger partial charge in [-0.2, -0.15) is 0 Å². The Morgan fingerprint density at radius 3 is 2.69 bits per heavy atom. The van der Waals surface area contributed by atoms with Crippen LogP contribution in [-0.2, 0) is 0 Å². The summed E-state index contributed by atoms with van der Waals surface area (Å²) in [6.07, 6.45) is 7.96. The molecule has 2 heterocycles. The monoisotopic (exact) mass is 215 g/mol. The van der Waals surface area contributed by atoms with Gasteiger partial charge in [0.1, 0.15) is 0 Å². The van der Waals surface area contributed by atoms with E-state index in [4.69, 9.17) is 0 Å². The average molecular weight is 215 g/mol. The number of hydrogen-bond acceptors (Lipinski definition) is 2. The lowest BCUT2D eigenvalue weighted by Crippen LogP contribution is -2.06.